The van der Waals surface area contributed by atoms with Crippen molar-refractivity contribution in [3.8, 4) is 0 Å². The fraction of sp³-hybridized carbons (Fsp3) is 0.421. The molecule has 1 aromatic carbocycles. The SMILES string of the molecule is Cc1noc(C)c1C(=O)N1C[C@@H]2OCC(=O)N(Cc3ccccc3)[C@H]2C1. The quantitative estimate of drug-likeness (QED) is 0.835. The molecule has 0 spiro atoms. The third-order valence-electron chi connectivity index (χ3n) is 5.11. The van der Waals surface area contributed by atoms with Gasteiger partial charge in [0.25, 0.3) is 5.91 Å². The molecular weight excluding hydrogens is 334 g/mol. The molecule has 0 unspecified atom stereocenters. The third kappa shape index (κ3) is 2.88. The van der Waals surface area contributed by atoms with Crippen LogP contribution in [-0.2, 0) is 16.1 Å². The van der Waals surface area contributed by atoms with Crippen molar-refractivity contribution in [2.75, 3.05) is 19.7 Å². The minimum Gasteiger partial charge on any atom is -0.364 e. The van der Waals surface area contributed by atoms with Gasteiger partial charge in [-0.25, -0.2) is 0 Å². The highest BCUT2D eigenvalue weighted by Crippen LogP contribution is 2.27. The van der Waals surface area contributed by atoms with Gasteiger partial charge in [0, 0.05) is 19.6 Å². The van der Waals surface area contributed by atoms with Gasteiger partial charge < -0.3 is 19.1 Å². The van der Waals surface area contributed by atoms with E-state index in [1.54, 1.807) is 18.7 Å². The van der Waals surface area contributed by atoms with Crippen molar-refractivity contribution in [2.45, 2.75) is 32.5 Å². The number of fused-ring (bicyclic) bond motifs is 1. The van der Waals surface area contributed by atoms with Crippen molar-refractivity contribution in [1.29, 1.82) is 0 Å². The van der Waals surface area contributed by atoms with E-state index in [4.69, 9.17) is 9.26 Å². The van der Waals surface area contributed by atoms with E-state index in [1.165, 1.54) is 0 Å². The summed E-state index contributed by atoms with van der Waals surface area (Å²) in [7, 11) is 0. The number of aryl methyl sites for hydroxylation is 2. The van der Waals surface area contributed by atoms with Gasteiger partial charge in [0.05, 0.1) is 17.8 Å². The molecule has 26 heavy (non-hydrogen) atoms. The molecule has 0 aliphatic carbocycles. The predicted octanol–water partition coefficient (Wildman–Crippen LogP) is 1.54. The molecule has 0 saturated carbocycles. The minimum atomic E-state index is -0.166. The number of rotatable bonds is 3. The van der Waals surface area contributed by atoms with E-state index >= 15 is 0 Å². The molecule has 2 fully saturated rings. The molecule has 2 atom stereocenters. The highest BCUT2D eigenvalue weighted by atomic mass is 16.5. The number of morpholine rings is 1. The average Bonchev–Trinajstić information content (AvgIpc) is 3.21. The van der Waals surface area contributed by atoms with Crippen LogP contribution in [0.1, 0.15) is 27.4 Å². The lowest BCUT2D eigenvalue weighted by Crippen LogP contribution is -2.53. The maximum atomic E-state index is 12.9. The Kier molecular flexibility index (Phi) is 4.24. The van der Waals surface area contributed by atoms with Gasteiger partial charge in [-0.05, 0) is 19.4 Å². The molecule has 0 bridgehead atoms. The first-order valence-electron chi connectivity index (χ1n) is 8.71. The summed E-state index contributed by atoms with van der Waals surface area (Å²) in [4.78, 5) is 28.9. The number of nitrogens with zero attached hydrogens (tertiary/aromatic N) is 3. The van der Waals surface area contributed by atoms with Crippen LogP contribution in [0.4, 0.5) is 0 Å². The summed E-state index contributed by atoms with van der Waals surface area (Å²) in [6, 6.07) is 9.73. The molecule has 2 aromatic rings. The highest BCUT2D eigenvalue weighted by molar-refractivity contribution is 5.96. The first-order chi connectivity index (χ1) is 12.5. The molecule has 136 valence electrons. The van der Waals surface area contributed by atoms with E-state index < -0.39 is 0 Å². The van der Waals surface area contributed by atoms with Crippen LogP contribution in [0.3, 0.4) is 0 Å². The zero-order valence-electron chi connectivity index (χ0n) is 14.8. The van der Waals surface area contributed by atoms with E-state index in [2.05, 4.69) is 5.16 Å². The number of carbonyl (C=O) groups excluding carboxylic acids is 2. The van der Waals surface area contributed by atoms with Crippen LogP contribution in [0.15, 0.2) is 34.9 Å². The van der Waals surface area contributed by atoms with E-state index in [0.717, 1.165) is 5.56 Å². The minimum absolute atomic E-state index is 0.0401. The lowest BCUT2D eigenvalue weighted by atomic mass is 10.1. The lowest BCUT2D eigenvalue weighted by Gasteiger charge is -2.36. The Morgan fingerprint density at radius 2 is 2.00 bits per heavy atom. The number of ether oxygens (including phenoxy) is 1. The fourth-order valence-corrected chi connectivity index (χ4v) is 3.76. The summed E-state index contributed by atoms with van der Waals surface area (Å²) in [5, 5.41) is 3.86. The number of aromatic nitrogens is 1. The Morgan fingerprint density at radius 3 is 2.69 bits per heavy atom. The predicted molar refractivity (Wildman–Crippen MR) is 92.4 cm³/mol. The fourth-order valence-electron chi connectivity index (χ4n) is 3.76. The molecule has 0 radical (unpaired) electrons. The van der Waals surface area contributed by atoms with Crippen LogP contribution in [0.25, 0.3) is 0 Å². The maximum absolute atomic E-state index is 12.9. The Balaban J connectivity index is 1.54. The van der Waals surface area contributed by atoms with Crippen molar-refractivity contribution < 1.29 is 18.8 Å². The number of amides is 2. The topological polar surface area (TPSA) is 75.9 Å². The Hall–Kier alpha value is -2.67. The average molecular weight is 355 g/mol. The van der Waals surface area contributed by atoms with Gasteiger partial charge in [-0.1, -0.05) is 35.5 Å². The molecule has 4 rings (SSSR count). The van der Waals surface area contributed by atoms with Crippen LogP contribution >= 0.6 is 0 Å². The zero-order chi connectivity index (χ0) is 18.3. The molecular formula is C19H21N3O4. The van der Waals surface area contributed by atoms with Crippen LogP contribution in [-0.4, -0.2) is 58.6 Å². The van der Waals surface area contributed by atoms with Crippen molar-refractivity contribution >= 4 is 11.8 Å². The standard InChI is InChI=1S/C19H21N3O4/c1-12-18(13(2)26-20-12)19(24)21-9-15-16(10-21)25-11-17(23)22(15)8-14-6-4-3-5-7-14/h3-7,15-16H,8-11H2,1-2H3/t15-,16-/m0/s1. The molecule has 2 saturated heterocycles. The lowest BCUT2D eigenvalue weighted by molar-refractivity contribution is -0.153. The Morgan fingerprint density at radius 1 is 1.23 bits per heavy atom. The van der Waals surface area contributed by atoms with Gasteiger partial charge in [0.2, 0.25) is 5.91 Å². The van der Waals surface area contributed by atoms with Crippen LogP contribution in [0, 0.1) is 13.8 Å². The smallest absolute Gasteiger partial charge is 0.259 e. The van der Waals surface area contributed by atoms with Gasteiger partial charge in [-0.15, -0.1) is 0 Å². The number of benzene rings is 1. The summed E-state index contributed by atoms with van der Waals surface area (Å²) < 4.78 is 10.8. The molecule has 0 N–H and O–H groups in total. The van der Waals surface area contributed by atoms with Crippen molar-refractivity contribution in [3.63, 3.8) is 0 Å². The first kappa shape index (κ1) is 16.8. The van der Waals surface area contributed by atoms with Gasteiger partial charge in [-0.3, -0.25) is 9.59 Å². The van der Waals surface area contributed by atoms with Gasteiger partial charge >= 0.3 is 0 Å². The van der Waals surface area contributed by atoms with Crippen molar-refractivity contribution in [3.05, 3.63) is 52.9 Å². The number of hydrogen-bond donors (Lipinski definition) is 0. The first-order valence-corrected chi connectivity index (χ1v) is 8.71. The van der Waals surface area contributed by atoms with E-state index in [9.17, 15) is 9.59 Å². The third-order valence-corrected chi connectivity index (χ3v) is 5.11. The van der Waals surface area contributed by atoms with Gasteiger partial charge in [-0.2, -0.15) is 0 Å². The second-order valence-corrected chi connectivity index (χ2v) is 6.83. The number of hydrogen-bond acceptors (Lipinski definition) is 5. The summed E-state index contributed by atoms with van der Waals surface area (Å²) in [6.07, 6.45) is -0.166. The summed E-state index contributed by atoms with van der Waals surface area (Å²) in [6.45, 7) is 4.99. The molecule has 2 amide bonds. The second kappa shape index (κ2) is 6.57. The summed E-state index contributed by atoms with van der Waals surface area (Å²) in [5.74, 6) is 0.355. The Labute approximate surface area is 151 Å². The molecule has 7 heteroatoms. The van der Waals surface area contributed by atoms with E-state index in [-0.39, 0.29) is 30.6 Å². The van der Waals surface area contributed by atoms with Crippen LogP contribution < -0.4 is 0 Å². The van der Waals surface area contributed by atoms with Crippen molar-refractivity contribution in [1.82, 2.24) is 15.0 Å². The van der Waals surface area contributed by atoms with Gasteiger partial charge in [0.15, 0.2) is 0 Å². The van der Waals surface area contributed by atoms with Crippen molar-refractivity contribution in [2.24, 2.45) is 0 Å². The normalized spacial score (nSPS) is 22.6. The largest absolute Gasteiger partial charge is 0.364 e. The van der Waals surface area contributed by atoms with Crippen LogP contribution in [0.2, 0.25) is 0 Å². The molecule has 2 aliphatic rings. The summed E-state index contributed by atoms with van der Waals surface area (Å²) in [5.41, 5.74) is 2.15. The maximum Gasteiger partial charge on any atom is 0.259 e. The van der Waals surface area contributed by atoms with E-state index in [1.807, 2.05) is 35.2 Å². The van der Waals surface area contributed by atoms with E-state index in [0.29, 0.717) is 36.7 Å². The molecule has 7 nitrogen and oxygen atoms in total. The monoisotopic (exact) mass is 355 g/mol. The molecule has 3 heterocycles. The van der Waals surface area contributed by atoms with Crippen LogP contribution in [0.5, 0.6) is 0 Å². The second-order valence-electron chi connectivity index (χ2n) is 6.83. The summed E-state index contributed by atoms with van der Waals surface area (Å²) >= 11 is 0. The Bertz CT molecular complexity index is 813. The molecule has 2 aliphatic heterocycles. The number of carbonyl (C=O) groups is 2. The molecule has 1 aromatic heterocycles. The zero-order valence-corrected chi connectivity index (χ0v) is 14.8. The highest BCUT2D eigenvalue weighted by Gasteiger charge is 2.45. The number of likely N-dealkylation sites (tertiary alicyclic amines) is 1. The van der Waals surface area contributed by atoms with Gasteiger partial charge in [0.1, 0.15) is 17.9 Å².